The minimum absolute atomic E-state index is 0.300. The average Bonchev–Trinajstić information content (AvgIpc) is 2.15. The van der Waals surface area contributed by atoms with Gasteiger partial charge in [0.25, 0.3) is 0 Å². The number of nitrogens with one attached hydrogen (secondary N) is 1. The number of nitrogens with zero attached hydrogens (tertiary/aromatic N) is 2. The van der Waals surface area contributed by atoms with Crippen LogP contribution in [0.2, 0.25) is 0 Å². The molecular formula is C11H11FN4. The van der Waals surface area contributed by atoms with Gasteiger partial charge in [0.2, 0.25) is 5.95 Å². The van der Waals surface area contributed by atoms with Crippen LogP contribution in [0.3, 0.4) is 0 Å². The highest BCUT2D eigenvalue weighted by Crippen LogP contribution is 2.16. The van der Waals surface area contributed by atoms with Gasteiger partial charge in [0, 0.05) is 11.9 Å². The number of aryl methyl sites for hydroxylation is 1. The molecule has 16 heavy (non-hydrogen) atoms. The van der Waals surface area contributed by atoms with Crippen LogP contribution in [-0.2, 0) is 0 Å². The molecule has 0 unspecified atom stereocenters. The Labute approximate surface area is 92.3 Å². The first kappa shape index (κ1) is 10.4. The van der Waals surface area contributed by atoms with Crippen LogP contribution in [0.15, 0.2) is 30.5 Å². The second kappa shape index (κ2) is 4.14. The summed E-state index contributed by atoms with van der Waals surface area (Å²) in [5, 5.41) is 2.88. The second-order valence-corrected chi connectivity index (χ2v) is 3.45. The van der Waals surface area contributed by atoms with E-state index in [0.29, 0.717) is 17.5 Å². The van der Waals surface area contributed by atoms with Crippen molar-refractivity contribution in [3.63, 3.8) is 0 Å². The lowest BCUT2D eigenvalue weighted by atomic mass is 10.2. The van der Waals surface area contributed by atoms with Crippen LogP contribution in [0.4, 0.5) is 21.8 Å². The van der Waals surface area contributed by atoms with Crippen molar-refractivity contribution in [1.29, 1.82) is 0 Å². The first-order valence-corrected chi connectivity index (χ1v) is 4.76. The Hall–Kier alpha value is -2.17. The van der Waals surface area contributed by atoms with Crippen LogP contribution in [-0.4, -0.2) is 9.97 Å². The van der Waals surface area contributed by atoms with E-state index in [-0.39, 0.29) is 5.82 Å². The summed E-state index contributed by atoms with van der Waals surface area (Å²) < 4.78 is 13.1. The molecule has 0 aliphatic carbocycles. The van der Waals surface area contributed by atoms with Gasteiger partial charge in [0.05, 0.1) is 0 Å². The van der Waals surface area contributed by atoms with E-state index in [1.165, 1.54) is 18.3 Å². The van der Waals surface area contributed by atoms with E-state index < -0.39 is 0 Å². The summed E-state index contributed by atoms with van der Waals surface area (Å²) in [5.74, 6) is 0.419. The van der Waals surface area contributed by atoms with Crippen LogP contribution < -0.4 is 11.1 Å². The van der Waals surface area contributed by atoms with E-state index >= 15 is 0 Å². The molecule has 1 aromatic heterocycles. The molecule has 0 atom stereocenters. The van der Waals surface area contributed by atoms with Crippen molar-refractivity contribution in [2.75, 3.05) is 11.1 Å². The number of nitrogens with two attached hydrogens (primary N) is 1. The van der Waals surface area contributed by atoms with Crippen LogP contribution in [0.5, 0.6) is 0 Å². The Morgan fingerprint density at radius 3 is 2.81 bits per heavy atom. The van der Waals surface area contributed by atoms with E-state index in [2.05, 4.69) is 15.3 Å². The molecule has 1 heterocycles. The van der Waals surface area contributed by atoms with Crippen LogP contribution in [0, 0.1) is 12.7 Å². The lowest BCUT2D eigenvalue weighted by molar-refractivity contribution is 0.627. The highest BCUT2D eigenvalue weighted by molar-refractivity contribution is 5.55. The van der Waals surface area contributed by atoms with E-state index in [1.807, 2.05) is 6.92 Å². The van der Waals surface area contributed by atoms with Crippen molar-refractivity contribution in [3.8, 4) is 0 Å². The number of aromatic nitrogens is 2. The van der Waals surface area contributed by atoms with Gasteiger partial charge >= 0.3 is 0 Å². The first-order chi connectivity index (χ1) is 7.63. The smallest absolute Gasteiger partial charge is 0.229 e. The predicted octanol–water partition coefficient (Wildman–Crippen LogP) is 2.25. The molecule has 0 saturated heterocycles. The van der Waals surface area contributed by atoms with Crippen molar-refractivity contribution in [2.45, 2.75) is 6.92 Å². The third-order valence-corrected chi connectivity index (χ3v) is 1.98. The van der Waals surface area contributed by atoms with Gasteiger partial charge in [-0.15, -0.1) is 0 Å². The van der Waals surface area contributed by atoms with Gasteiger partial charge in [-0.05, 0) is 36.8 Å². The zero-order valence-electron chi connectivity index (χ0n) is 8.74. The maximum absolute atomic E-state index is 13.1. The summed E-state index contributed by atoms with van der Waals surface area (Å²) in [6.45, 7) is 1.81. The highest BCUT2D eigenvalue weighted by Gasteiger charge is 2.00. The maximum atomic E-state index is 13.1. The third-order valence-electron chi connectivity index (χ3n) is 1.98. The standard InChI is InChI=1S/C11H11FN4/c1-7-4-8(12)6-9(5-7)15-11-14-3-2-10(13)16-11/h2-6H,1H3,(H3,13,14,15,16). The highest BCUT2D eigenvalue weighted by atomic mass is 19.1. The van der Waals surface area contributed by atoms with Crippen LogP contribution in [0.25, 0.3) is 0 Å². The number of anilines is 3. The van der Waals surface area contributed by atoms with Gasteiger partial charge < -0.3 is 11.1 Å². The Morgan fingerprint density at radius 1 is 1.31 bits per heavy atom. The molecule has 0 aliphatic rings. The Kier molecular flexibility index (Phi) is 2.68. The van der Waals surface area contributed by atoms with E-state index in [9.17, 15) is 4.39 Å². The summed E-state index contributed by atoms with van der Waals surface area (Å²) >= 11 is 0. The fourth-order valence-electron chi connectivity index (χ4n) is 1.37. The molecular weight excluding hydrogens is 207 g/mol. The lowest BCUT2D eigenvalue weighted by Gasteiger charge is -2.06. The van der Waals surface area contributed by atoms with Gasteiger partial charge in [-0.3, -0.25) is 0 Å². The molecule has 82 valence electrons. The third kappa shape index (κ3) is 2.44. The lowest BCUT2D eigenvalue weighted by Crippen LogP contribution is -2.00. The number of benzene rings is 1. The van der Waals surface area contributed by atoms with Crippen molar-refractivity contribution < 1.29 is 4.39 Å². The van der Waals surface area contributed by atoms with E-state index in [1.54, 1.807) is 12.1 Å². The van der Waals surface area contributed by atoms with Crippen LogP contribution >= 0.6 is 0 Å². The molecule has 2 rings (SSSR count). The molecule has 0 fully saturated rings. The number of nitrogen functional groups attached to an aromatic ring is 1. The number of rotatable bonds is 2. The summed E-state index contributed by atoms with van der Waals surface area (Å²) in [4.78, 5) is 7.93. The first-order valence-electron chi connectivity index (χ1n) is 4.76. The number of halogens is 1. The number of hydrogen-bond donors (Lipinski definition) is 2. The van der Waals surface area contributed by atoms with Crippen molar-refractivity contribution >= 4 is 17.5 Å². The zero-order chi connectivity index (χ0) is 11.5. The van der Waals surface area contributed by atoms with E-state index in [0.717, 1.165) is 5.56 Å². The largest absolute Gasteiger partial charge is 0.384 e. The van der Waals surface area contributed by atoms with E-state index in [4.69, 9.17) is 5.73 Å². The minimum atomic E-state index is -0.300. The second-order valence-electron chi connectivity index (χ2n) is 3.45. The SMILES string of the molecule is Cc1cc(F)cc(Nc2nccc(N)n2)c1. The summed E-state index contributed by atoms with van der Waals surface area (Å²) in [5.41, 5.74) is 6.93. The molecule has 4 nitrogen and oxygen atoms in total. The average molecular weight is 218 g/mol. The Morgan fingerprint density at radius 2 is 2.12 bits per heavy atom. The van der Waals surface area contributed by atoms with Gasteiger partial charge in [0.15, 0.2) is 0 Å². The Bertz CT molecular complexity index is 493. The van der Waals surface area contributed by atoms with Gasteiger partial charge in [0.1, 0.15) is 11.6 Å². The molecule has 0 radical (unpaired) electrons. The summed E-state index contributed by atoms with van der Waals surface area (Å²) in [6.07, 6.45) is 1.54. The summed E-state index contributed by atoms with van der Waals surface area (Å²) in [7, 11) is 0. The van der Waals surface area contributed by atoms with Crippen molar-refractivity contribution in [2.24, 2.45) is 0 Å². The molecule has 0 saturated carbocycles. The quantitative estimate of drug-likeness (QED) is 0.811. The minimum Gasteiger partial charge on any atom is -0.384 e. The van der Waals surface area contributed by atoms with Crippen LogP contribution in [0.1, 0.15) is 5.56 Å². The zero-order valence-corrected chi connectivity index (χ0v) is 8.74. The number of hydrogen-bond acceptors (Lipinski definition) is 4. The maximum Gasteiger partial charge on any atom is 0.229 e. The molecule has 2 aromatic rings. The predicted molar refractivity (Wildman–Crippen MR) is 60.9 cm³/mol. The van der Waals surface area contributed by atoms with Gasteiger partial charge in [-0.1, -0.05) is 0 Å². The van der Waals surface area contributed by atoms with Crippen molar-refractivity contribution in [3.05, 3.63) is 41.8 Å². The summed E-state index contributed by atoms with van der Waals surface area (Å²) in [6, 6.07) is 6.21. The molecule has 5 heteroatoms. The monoisotopic (exact) mass is 218 g/mol. The Balaban J connectivity index is 2.27. The normalized spacial score (nSPS) is 10.1. The van der Waals surface area contributed by atoms with Gasteiger partial charge in [-0.25, -0.2) is 9.37 Å². The molecule has 3 N–H and O–H groups in total. The molecule has 0 spiro atoms. The topological polar surface area (TPSA) is 63.8 Å². The fraction of sp³-hybridized carbons (Fsp3) is 0.0909. The molecule has 1 aromatic carbocycles. The molecule has 0 bridgehead atoms. The fourth-order valence-corrected chi connectivity index (χ4v) is 1.37. The van der Waals surface area contributed by atoms with Crippen molar-refractivity contribution in [1.82, 2.24) is 9.97 Å². The molecule has 0 aliphatic heterocycles. The molecule has 0 amide bonds. The van der Waals surface area contributed by atoms with Gasteiger partial charge in [-0.2, -0.15) is 4.98 Å².